The summed E-state index contributed by atoms with van der Waals surface area (Å²) in [5.74, 6) is -0.100. The number of nitrogens with zero attached hydrogens (tertiary/aromatic N) is 1. The van der Waals surface area contributed by atoms with E-state index >= 15 is 0 Å². The number of hydrogen-bond donors (Lipinski definition) is 2. The highest BCUT2D eigenvalue weighted by Crippen LogP contribution is 2.29. The Kier molecular flexibility index (Phi) is 3.53. The molecular weight excluding hydrogens is 230 g/mol. The fraction of sp³-hybridized carbons (Fsp3) is 1.00. The summed E-state index contributed by atoms with van der Waals surface area (Å²) >= 11 is 0. The van der Waals surface area contributed by atoms with Gasteiger partial charge >= 0.3 is 0 Å². The first-order valence-corrected chi connectivity index (χ1v) is 7.61. The van der Waals surface area contributed by atoms with Crippen molar-refractivity contribution in [2.45, 2.75) is 37.5 Å². The molecule has 2 atom stereocenters. The van der Waals surface area contributed by atoms with E-state index in [9.17, 15) is 13.5 Å². The van der Waals surface area contributed by atoms with Crippen LogP contribution in [-0.2, 0) is 9.84 Å². The van der Waals surface area contributed by atoms with Gasteiger partial charge in [0.1, 0.15) is 0 Å². The molecule has 2 fully saturated rings. The van der Waals surface area contributed by atoms with E-state index in [1.807, 2.05) is 4.90 Å². The monoisotopic (exact) mass is 249 g/mol. The average molecular weight is 249 g/mol. The molecule has 94 valence electrons. The van der Waals surface area contributed by atoms with E-state index in [1.54, 1.807) is 0 Å². The van der Waals surface area contributed by atoms with Gasteiger partial charge in [0.2, 0.25) is 0 Å². The van der Waals surface area contributed by atoms with Gasteiger partial charge in [0.05, 0.1) is 30.3 Å². The second-order valence-corrected chi connectivity index (χ2v) is 6.91. The van der Waals surface area contributed by atoms with Gasteiger partial charge in [0.15, 0.2) is 9.84 Å². The van der Waals surface area contributed by atoms with Gasteiger partial charge in [-0.1, -0.05) is 6.42 Å². The maximum atomic E-state index is 11.4. The second kappa shape index (κ2) is 4.60. The van der Waals surface area contributed by atoms with Crippen LogP contribution in [0, 0.1) is 0 Å². The van der Waals surface area contributed by atoms with E-state index in [0.717, 1.165) is 19.3 Å². The van der Waals surface area contributed by atoms with Crippen molar-refractivity contribution in [2.24, 2.45) is 0 Å². The van der Waals surface area contributed by atoms with Crippen LogP contribution in [0.25, 0.3) is 0 Å². The van der Waals surface area contributed by atoms with E-state index in [1.165, 1.54) is 0 Å². The van der Waals surface area contributed by atoms with E-state index in [2.05, 4.69) is 0 Å². The summed E-state index contributed by atoms with van der Waals surface area (Å²) in [6, 6.07) is 0.0301. The van der Waals surface area contributed by atoms with Gasteiger partial charge in [-0.25, -0.2) is 8.42 Å². The third kappa shape index (κ3) is 2.40. The Balaban J connectivity index is 2.07. The zero-order valence-electron chi connectivity index (χ0n) is 9.25. The molecule has 1 aliphatic carbocycles. The summed E-state index contributed by atoms with van der Waals surface area (Å²) in [6.07, 6.45) is 2.45. The Hall–Kier alpha value is -0.170. The molecule has 1 saturated heterocycles. The lowest BCUT2D eigenvalue weighted by atomic mass is 9.90. The topological polar surface area (TPSA) is 77.8 Å². The van der Waals surface area contributed by atoms with Crippen LogP contribution >= 0.6 is 0 Å². The lowest BCUT2D eigenvalue weighted by Crippen LogP contribution is -2.52. The van der Waals surface area contributed by atoms with Crippen LogP contribution in [0.3, 0.4) is 0 Å². The zero-order valence-corrected chi connectivity index (χ0v) is 10.1. The van der Waals surface area contributed by atoms with Gasteiger partial charge in [0.25, 0.3) is 0 Å². The Morgan fingerprint density at radius 2 is 1.94 bits per heavy atom. The van der Waals surface area contributed by atoms with Crippen molar-refractivity contribution in [3.63, 3.8) is 0 Å². The number of aliphatic hydroxyl groups is 2. The SMILES string of the molecule is O=S1(=O)CC(O)C(N(CCO)C2CCC2)C1. The van der Waals surface area contributed by atoms with Crippen LogP contribution in [0.15, 0.2) is 0 Å². The van der Waals surface area contributed by atoms with Crippen LogP contribution < -0.4 is 0 Å². The quantitative estimate of drug-likeness (QED) is 0.667. The maximum Gasteiger partial charge on any atom is 0.154 e. The zero-order chi connectivity index (χ0) is 11.8. The second-order valence-electron chi connectivity index (χ2n) is 4.76. The van der Waals surface area contributed by atoms with Crippen LogP contribution in [0.5, 0.6) is 0 Å². The van der Waals surface area contributed by atoms with E-state index in [-0.39, 0.29) is 24.2 Å². The summed E-state index contributed by atoms with van der Waals surface area (Å²) in [4.78, 5) is 1.98. The van der Waals surface area contributed by atoms with Crippen LogP contribution in [0.2, 0.25) is 0 Å². The van der Waals surface area contributed by atoms with Gasteiger partial charge in [-0.05, 0) is 12.8 Å². The van der Waals surface area contributed by atoms with Crippen LogP contribution in [0.1, 0.15) is 19.3 Å². The fourth-order valence-electron chi connectivity index (χ4n) is 2.58. The van der Waals surface area contributed by atoms with Crippen LogP contribution in [-0.4, -0.2) is 66.4 Å². The van der Waals surface area contributed by atoms with Crippen molar-refractivity contribution in [3.8, 4) is 0 Å². The largest absolute Gasteiger partial charge is 0.395 e. The lowest BCUT2D eigenvalue weighted by molar-refractivity contribution is 0.0159. The molecule has 5 nitrogen and oxygen atoms in total. The summed E-state index contributed by atoms with van der Waals surface area (Å²) in [5, 5.41) is 18.8. The predicted molar refractivity (Wildman–Crippen MR) is 59.9 cm³/mol. The van der Waals surface area contributed by atoms with Crippen molar-refractivity contribution in [1.82, 2.24) is 4.90 Å². The first kappa shape index (κ1) is 12.3. The van der Waals surface area contributed by atoms with E-state index in [0.29, 0.717) is 12.6 Å². The summed E-state index contributed by atoms with van der Waals surface area (Å²) in [5.41, 5.74) is 0. The molecule has 0 spiro atoms. The van der Waals surface area contributed by atoms with E-state index in [4.69, 9.17) is 5.11 Å². The molecule has 2 unspecified atom stereocenters. The minimum Gasteiger partial charge on any atom is -0.395 e. The van der Waals surface area contributed by atoms with Crippen molar-refractivity contribution in [2.75, 3.05) is 24.7 Å². The molecule has 0 radical (unpaired) electrons. The average Bonchev–Trinajstić information content (AvgIpc) is 2.36. The predicted octanol–water partition coefficient (Wildman–Crippen LogP) is -1.01. The van der Waals surface area contributed by atoms with Crippen molar-refractivity contribution < 1.29 is 18.6 Å². The van der Waals surface area contributed by atoms with Crippen molar-refractivity contribution >= 4 is 9.84 Å². The normalized spacial score (nSPS) is 34.2. The maximum absolute atomic E-state index is 11.4. The Morgan fingerprint density at radius 3 is 2.31 bits per heavy atom. The Labute approximate surface area is 96.0 Å². The number of hydrogen-bond acceptors (Lipinski definition) is 5. The summed E-state index contributed by atoms with van der Waals surface area (Å²) in [6.45, 7) is 0.474. The Morgan fingerprint density at radius 1 is 1.25 bits per heavy atom. The van der Waals surface area contributed by atoms with Gasteiger partial charge in [-0.15, -0.1) is 0 Å². The molecule has 0 aromatic carbocycles. The van der Waals surface area contributed by atoms with Gasteiger partial charge in [-0.3, -0.25) is 4.90 Å². The summed E-state index contributed by atoms with van der Waals surface area (Å²) < 4.78 is 22.9. The van der Waals surface area contributed by atoms with Crippen molar-refractivity contribution in [1.29, 1.82) is 0 Å². The molecule has 1 aliphatic heterocycles. The highest BCUT2D eigenvalue weighted by molar-refractivity contribution is 7.91. The number of sulfone groups is 1. The first-order chi connectivity index (χ1) is 7.53. The first-order valence-electron chi connectivity index (χ1n) is 5.78. The summed E-state index contributed by atoms with van der Waals surface area (Å²) in [7, 11) is -3.10. The number of rotatable bonds is 4. The number of aliphatic hydroxyl groups excluding tert-OH is 2. The van der Waals surface area contributed by atoms with Gasteiger partial charge < -0.3 is 10.2 Å². The molecular formula is C10H19NO4S. The lowest BCUT2D eigenvalue weighted by Gasteiger charge is -2.41. The smallest absolute Gasteiger partial charge is 0.154 e. The van der Waals surface area contributed by atoms with Gasteiger partial charge in [-0.2, -0.15) is 0 Å². The molecule has 0 aromatic heterocycles. The standard InChI is InChI=1S/C10H19NO4S/c12-5-4-11(8-2-1-3-8)9-6-16(14,15)7-10(9)13/h8-10,12-13H,1-7H2. The molecule has 2 rings (SSSR count). The highest BCUT2D eigenvalue weighted by atomic mass is 32.2. The molecule has 16 heavy (non-hydrogen) atoms. The molecule has 2 N–H and O–H groups in total. The molecule has 1 heterocycles. The van der Waals surface area contributed by atoms with Gasteiger partial charge in [0, 0.05) is 12.6 Å². The van der Waals surface area contributed by atoms with Crippen LogP contribution in [0.4, 0.5) is 0 Å². The molecule has 1 saturated carbocycles. The molecule has 0 aromatic rings. The molecule has 2 aliphatic rings. The molecule has 0 amide bonds. The third-order valence-corrected chi connectivity index (χ3v) is 5.32. The fourth-order valence-corrected chi connectivity index (χ4v) is 4.39. The highest BCUT2D eigenvalue weighted by Gasteiger charge is 2.42. The third-order valence-electron chi connectivity index (χ3n) is 3.62. The minimum atomic E-state index is -3.10. The molecule has 6 heteroatoms. The minimum absolute atomic E-state index is 0.0137. The van der Waals surface area contributed by atoms with E-state index < -0.39 is 15.9 Å². The van der Waals surface area contributed by atoms with Crippen molar-refractivity contribution in [3.05, 3.63) is 0 Å². The Bertz CT molecular complexity index is 339. The molecule has 0 bridgehead atoms.